The lowest BCUT2D eigenvalue weighted by atomic mass is 9.93. The topological polar surface area (TPSA) is 107 Å². The second-order valence-electron chi connectivity index (χ2n) is 7.76. The maximum absolute atomic E-state index is 13.6. The molecule has 0 saturated carbocycles. The van der Waals surface area contributed by atoms with Gasteiger partial charge in [-0.25, -0.2) is 15.0 Å². The number of rotatable bonds is 6. The molecule has 0 atom stereocenters. The molecule has 0 aliphatic heterocycles. The standard InChI is InChI=1S/C22H17F7N2O6/c1-10-15-13(30-31-19(34)20(23,24)21(25,26)22(27,28)29)4-3-5-14(15)37-16(10)18(33)36-12-8-6-11(7-9-12)17(32)35-2/h6-9H,3-5H2,1-2H3,(H,31,34)/b30-13+. The van der Waals surface area contributed by atoms with Crippen molar-refractivity contribution in [3.8, 4) is 5.75 Å². The Bertz CT molecular complexity index is 1250. The fraction of sp³-hybridized carbons (Fsp3) is 0.364. The molecule has 1 aromatic carbocycles. The van der Waals surface area contributed by atoms with Gasteiger partial charge in [0.05, 0.1) is 18.4 Å². The maximum Gasteiger partial charge on any atom is 0.460 e. The number of esters is 2. The Hall–Kier alpha value is -3.91. The summed E-state index contributed by atoms with van der Waals surface area (Å²) >= 11 is 0. The predicted octanol–water partition coefficient (Wildman–Crippen LogP) is 4.58. The molecule has 15 heteroatoms. The average molecular weight is 538 g/mol. The van der Waals surface area contributed by atoms with Crippen molar-refractivity contribution >= 4 is 23.6 Å². The van der Waals surface area contributed by atoms with Gasteiger partial charge in [0.15, 0.2) is 0 Å². The summed E-state index contributed by atoms with van der Waals surface area (Å²) in [5.74, 6) is -17.5. The van der Waals surface area contributed by atoms with Gasteiger partial charge in [-0.3, -0.25) is 4.79 Å². The van der Waals surface area contributed by atoms with Crippen LogP contribution in [0.25, 0.3) is 0 Å². The van der Waals surface area contributed by atoms with Gasteiger partial charge in [-0.15, -0.1) is 0 Å². The van der Waals surface area contributed by atoms with E-state index in [1.807, 2.05) is 0 Å². The fourth-order valence-corrected chi connectivity index (χ4v) is 3.41. The van der Waals surface area contributed by atoms with Crippen LogP contribution in [0.5, 0.6) is 5.75 Å². The van der Waals surface area contributed by atoms with Crippen molar-refractivity contribution in [1.82, 2.24) is 5.43 Å². The molecule has 1 N–H and O–H groups in total. The molecule has 0 spiro atoms. The van der Waals surface area contributed by atoms with E-state index in [4.69, 9.17) is 9.15 Å². The molecule has 2 aromatic rings. The smallest absolute Gasteiger partial charge is 0.460 e. The molecule has 3 rings (SSSR count). The molecule has 0 unspecified atom stereocenters. The largest absolute Gasteiger partial charge is 0.465 e. The van der Waals surface area contributed by atoms with Crippen LogP contribution < -0.4 is 10.2 Å². The lowest BCUT2D eigenvalue weighted by Gasteiger charge is -2.26. The number of ether oxygens (including phenoxy) is 2. The molecule has 0 bridgehead atoms. The summed E-state index contributed by atoms with van der Waals surface area (Å²) < 4.78 is 106. The molecule has 8 nitrogen and oxygen atoms in total. The summed E-state index contributed by atoms with van der Waals surface area (Å²) in [6.45, 7) is 1.37. The Morgan fingerprint density at radius 1 is 0.973 bits per heavy atom. The van der Waals surface area contributed by atoms with Crippen LogP contribution in [0, 0.1) is 6.92 Å². The van der Waals surface area contributed by atoms with E-state index >= 15 is 0 Å². The van der Waals surface area contributed by atoms with Gasteiger partial charge in [-0.2, -0.15) is 35.8 Å². The maximum atomic E-state index is 13.6. The van der Waals surface area contributed by atoms with E-state index in [9.17, 15) is 45.1 Å². The van der Waals surface area contributed by atoms with Gasteiger partial charge in [-0.1, -0.05) is 0 Å². The van der Waals surface area contributed by atoms with Gasteiger partial charge in [-0.05, 0) is 44.0 Å². The average Bonchev–Trinajstić information content (AvgIpc) is 3.18. The number of halogens is 7. The molecule has 1 aliphatic carbocycles. The normalized spacial score (nSPS) is 15.2. The van der Waals surface area contributed by atoms with E-state index in [-0.39, 0.29) is 58.9 Å². The Kier molecular flexibility index (Phi) is 7.37. The second-order valence-corrected chi connectivity index (χ2v) is 7.76. The fourth-order valence-electron chi connectivity index (χ4n) is 3.41. The Morgan fingerprint density at radius 3 is 2.16 bits per heavy atom. The quantitative estimate of drug-likeness (QED) is 0.250. The van der Waals surface area contributed by atoms with Gasteiger partial charge in [0, 0.05) is 17.5 Å². The van der Waals surface area contributed by atoms with Crippen LogP contribution in [0.2, 0.25) is 0 Å². The third-order valence-electron chi connectivity index (χ3n) is 5.32. The molecule has 1 aliphatic rings. The number of methoxy groups -OCH3 is 1. The lowest BCUT2D eigenvalue weighted by molar-refractivity contribution is -0.344. The van der Waals surface area contributed by atoms with Crippen LogP contribution >= 0.6 is 0 Å². The second kappa shape index (κ2) is 9.86. The Morgan fingerprint density at radius 2 is 1.59 bits per heavy atom. The third-order valence-corrected chi connectivity index (χ3v) is 5.32. The Balaban J connectivity index is 1.82. The zero-order valence-corrected chi connectivity index (χ0v) is 19.0. The van der Waals surface area contributed by atoms with Gasteiger partial charge in [0.25, 0.3) is 0 Å². The minimum Gasteiger partial charge on any atom is -0.465 e. The molecule has 1 heterocycles. The number of furan rings is 1. The first-order chi connectivity index (χ1) is 17.1. The Labute approximate surface area is 203 Å². The minimum atomic E-state index is -6.69. The van der Waals surface area contributed by atoms with Crippen molar-refractivity contribution < 1.29 is 59.0 Å². The van der Waals surface area contributed by atoms with E-state index < -0.39 is 35.9 Å². The summed E-state index contributed by atoms with van der Waals surface area (Å²) in [6, 6.07) is 5.28. The first-order valence-corrected chi connectivity index (χ1v) is 10.3. The molecular weight excluding hydrogens is 521 g/mol. The summed E-state index contributed by atoms with van der Waals surface area (Å²) in [5, 5.41) is 3.32. The molecule has 37 heavy (non-hydrogen) atoms. The van der Waals surface area contributed by atoms with E-state index in [0.717, 1.165) is 5.43 Å². The number of hydrazone groups is 1. The van der Waals surface area contributed by atoms with Gasteiger partial charge >= 0.3 is 35.9 Å². The van der Waals surface area contributed by atoms with Crippen LogP contribution in [0.3, 0.4) is 0 Å². The number of nitrogens with one attached hydrogen (secondary N) is 1. The van der Waals surface area contributed by atoms with Crippen molar-refractivity contribution in [3.05, 3.63) is 52.5 Å². The minimum absolute atomic E-state index is 0.00162. The summed E-state index contributed by atoms with van der Waals surface area (Å²) in [4.78, 5) is 35.6. The summed E-state index contributed by atoms with van der Waals surface area (Å²) in [5.41, 5.74) is 1.26. The number of amides is 1. The molecule has 200 valence electrons. The molecule has 1 aromatic heterocycles. The van der Waals surface area contributed by atoms with Gasteiger partial charge in [0.1, 0.15) is 11.5 Å². The SMILES string of the molecule is COC(=O)c1ccc(OC(=O)c2oc3c(c2C)/C(=N/NC(=O)C(F)(F)C(F)(F)C(F)(F)F)CCC3)cc1. The van der Waals surface area contributed by atoms with Crippen LogP contribution in [-0.2, 0) is 16.0 Å². The highest BCUT2D eigenvalue weighted by Gasteiger charge is 2.76. The predicted molar refractivity (Wildman–Crippen MR) is 110 cm³/mol. The van der Waals surface area contributed by atoms with Crippen LogP contribution in [0.15, 0.2) is 33.8 Å². The number of fused-ring (bicyclic) bond motifs is 1. The number of carbonyl (C=O) groups is 3. The molecular formula is C22H17F7N2O6. The number of alkyl halides is 7. The number of nitrogens with zero attached hydrogens (tertiary/aromatic N) is 1. The summed E-state index contributed by atoms with van der Waals surface area (Å²) in [6.07, 6.45) is -6.17. The number of hydrogen-bond donors (Lipinski definition) is 1. The zero-order valence-electron chi connectivity index (χ0n) is 19.0. The monoisotopic (exact) mass is 538 g/mol. The number of aryl methyl sites for hydroxylation is 1. The number of benzene rings is 1. The van der Waals surface area contributed by atoms with Crippen molar-refractivity contribution in [1.29, 1.82) is 0 Å². The number of carbonyl (C=O) groups excluding carboxylic acids is 3. The van der Waals surface area contributed by atoms with Crippen LogP contribution in [0.4, 0.5) is 30.7 Å². The van der Waals surface area contributed by atoms with Crippen molar-refractivity contribution in [2.75, 3.05) is 7.11 Å². The lowest BCUT2D eigenvalue weighted by Crippen LogP contribution is -2.58. The molecule has 1 amide bonds. The van der Waals surface area contributed by atoms with E-state index in [0.29, 0.717) is 0 Å². The first kappa shape index (κ1) is 27.7. The van der Waals surface area contributed by atoms with Crippen molar-refractivity contribution in [2.45, 2.75) is 44.2 Å². The molecule has 0 saturated heterocycles. The number of hydrogen-bond acceptors (Lipinski definition) is 7. The van der Waals surface area contributed by atoms with E-state index in [1.165, 1.54) is 38.3 Å². The van der Waals surface area contributed by atoms with Gasteiger partial charge < -0.3 is 13.9 Å². The zero-order chi connectivity index (χ0) is 27.8. The van der Waals surface area contributed by atoms with E-state index in [1.54, 1.807) is 0 Å². The van der Waals surface area contributed by atoms with E-state index in [2.05, 4.69) is 9.84 Å². The summed E-state index contributed by atoms with van der Waals surface area (Å²) in [7, 11) is 1.18. The third kappa shape index (κ3) is 5.15. The van der Waals surface area contributed by atoms with Crippen LogP contribution in [0.1, 0.15) is 50.6 Å². The van der Waals surface area contributed by atoms with Crippen LogP contribution in [-0.4, -0.2) is 48.7 Å². The van der Waals surface area contributed by atoms with Crippen molar-refractivity contribution in [3.63, 3.8) is 0 Å². The first-order valence-electron chi connectivity index (χ1n) is 10.3. The molecule has 0 radical (unpaired) electrons. The molecule has 0 fully saturated rings. The highest BCUT2D eigenvalue weighted by molar-refractivity contribution is 6.06. The van der Waals surface area contributed by atoms with Crippen molar-refractivity contribution in [2.24, 2.45) is 5.10 Å². The highest BCUT2D eigenvalue weighted by Crippen LogP contribution is 2.46. The van der Waals surface area contributed by atoms with Gasteiger partial charge in [0.2, 0.25) is 5.76 Å². The highest BCUT2D eigenvalue weighted by atomic mass is 19.4.